The second kappa shape index (κ2) is 8.44. The Morgan fingerprint density at radius 3 is 2.00 bits per heavy atom. The molecular weight excluding hydrogens is 438 g/mol. The summed E-state index contributed by atoms with van der Waals surface area (Å²) in [6.07, 6.45) is -2.64. The first-order valence-corrected chi connectivity index (χ1v) is 9.46. The predicted molar refractivity (Wildman–Crippen MR) is 128 cm³/mol. The molecule has 1 heterocycles. The lowest BCUT2D eigenvalue weighted by atomic mass is 9.65. The Hall–Kier alpha value is -2.83. The lowest BCUT2D eigenvalue weighted by Crippen LogP contribution is -2.68. The van der Waals surface area contributed by atoms with Crippen molar-refractivity contribution in [2.45, 2.75) is 17.8 Å². The van der Waals surface area contributed by atoms with Gasteiger partial charge in [-0.25, -0.2) is 0 Å². The van der Waals surface area contributed by atoms with Crippen molar-refractivity contribution in [3.8, 4) is 11.5 Å². The molecule has 0 amide bonds. The zero-order valence-corrected chi connectivity index (χ0v) is 17.7. The average molecular weight is 453 g/mol. The molecule has 3 rings (SSSR count). The largest absolute Gasteiger partial charge is 0.507 e. The van der Waals surface area contributed by atoms with Crippen LogP contribution in [0.5, 0.6) is 11.5 Å². The van der Waals surface area contributed by atoms with Gasteiger partial charge in [0.2, 0.25) is 0 Å². The van der Waals surface area contributed by atoms with Crippen molar-refractivity contribution in [2.24, 2.45) is 7.05 Å². The minimum Gasteiger partial charge on any atom is -0.507 e. The van der Waals surface area contributed by atoms with Gasteiger partial charge in [-0.1, -0.05) is 23.1 Å². The summed E-state index contributed by atoms with van der Waals surface area (Å²) in [4.78, 5) is 12.9. The van der Waals surface area contributed by atoms with E-state index in [1.807, 2.05) is 0 Å². The predicted octanol–water partition coefficient (Wildman–Crippen LogP) is -5.93. The number of aliphatic hydroxyl groups is 5. The average Bonchev–Trinajstić information content (AvgIpc) is 2.76. The van der Waals surface area contributed by atoms with Gasteiger partial charge in [0.05, 0.1) is 11.2 Å². The summed E-state index contributed by atoms with van der Waals surface area (Å²) in [5.41, 5.74) is -8.86. The Morgan fingerprint density at radius 1 is 0.912 bits per heavy atom. The number of para-hydroxylation sites is 1. The summed E-state index contributed by atoms with van der Waals surface area (Å²) in [7, 11) is 29.3. The number of aromatic hydroxyl groups is 2. The fraction of sp³-hybridized carbons (Fsp3) is 0.211. The van der Waals surface area contributed by atoms with Crippen molar-refractivity contribution < 1.29 is 35.7 Å². The Bertz CT molecular complexity index is 1330. The van der Waals surface area contributed by atoms with Crippen molar-refractivity contribution in [2.75, 3.05) is 4.90 Å². The van der Waals surface area contributed by atoms with Crippen LogP contribution in [-0.4, -0.2) is 91.1 Å². The van der Waals surface area contributed by atoms with Crippen LogP contribution < -0.4 is 32.3 Å². The van der Waals surface area contributed by atoms with Crippen molar-refractivity contribution in [1.82, 2.24) is 4.57 Å². The molecule has 0 aliphatic heterocycles. The van der Waals surface area contributed by atoms with E-state index in [0.717, 1.165) is 4.57 Å². The van der Waals surface area contributed by atoms with Gasteiger partial charge < -0.3 is 40.3 Å². The number of pyridine rings is 1. The van der Waals surface area contributed by atoms with Crippen LogP contribution in [0, 0.1) is 0 Å². The lowest BCUT2D eigenvalue weighted by Gasteiger charge is -2.46. The van der Waals surface area contributed by atoms with Gasteiger partial charge in [-0.3, -0.25) is 9.69 Å². The monoisotopic (exact) mass is 454 g/mol. The topological polar surface area (TPSA) is 167 Å². The molecule has 34 heavy (non-hydrogen) atoms. The number of phenols is 1. The van der Waals surface area contributed by atoms with Crippen LogP contribution in [0.15, 0.2) is 29.1 Å². The molecule has 0 spiro atoms. The maximum atomic E-state index is 13.0. The van der Waals surface area contributed by atoms with Gasteiger partial charge in [0.15, 0.2) is 19.8 Å². The number of aryl methyl sites for hydroxylation is 1. The number of nitrogens with zero attached hydrogens (tertiary/aromatic N) is 2. The molecule has 0 bridgehead atoms. The standard InChI is InChI=1S/C19H15B5N2O8/c1-25-7-5-3-2-4-6(7)14(27)8(16(25)29)17(30)26(19(33,34)18(24,31)32)13-11(22)9(20)10(21)12(23)15(13)28/h2-5,17,27-28,30-34H,1H3. The summed E-state index contributed by atoms with van der Waals surface area (Å²) in [5, 5.41) is 73.4. The number of hydrogen-bond donors (Lipinski definition) is 7. The number of fused-ring (bicyclic) bond motifs is 1. The highest BCUT2D eigenvalue weighted by atomic mass is 16.6. The molecule has 0 aliphatic rings. The number of anilines is 1. The van der Waals surface area contributed by atoms with Crippen LogP contribution in [0.1, 0.15) is 11.8 Å². The van der Waals surface area contributed by atoms with Gasteiger partial charge in [0.25, 0.3) is 11.5 Å². The van der Waals surface area contributed by atoms with E-state index in [2.05, 4.69) is 0 Å². The van der Waals surface area contributed by atoms with E-state index in [-0.39, 0.29) is 15.8 Å². The van der Waals surface area contributed by atoms with Gasteiger partial charge in [0.1, 0.15) is 48.4 Å². The smallest absolute Gasteiger partial charge is 0.295 e. The molecule has 10 radical (unpaired) electrons. The summed E-state index contributed by atoms with van der Waals surface area (Å²) in [5.74, 6) is -5.98. The quantitative estimate of drug-likeness (QED) is 0.147. The van der Waals surface area contributed by atoms with E-state index in [0.29, 0.717) is 0 Å². The number of rotatable bonds is 5. The van der Waals surface area contributed by atoms with E-state index in [9.17, 15) is 40.5 Å². The maximum absolute atomic E-state index is 13.0. The number of aliphatic hydroxyl groups excluding tert-OH is 1. The van der Waals surface area contributed by atoms with Gasteiger partial charge in [-0.2, -0.15) is 0 Å². The third-order valence-corrected chi connectivity index (χ3v) is 5.49. The van der Waals surface area contributed by atoms with Gasteiger partial charge >= 0.3 is 0 Å². The number of benzene rings is 2. The van der Waals surface area contributed by atoms with E-state index < -0.39 is 68.0 Å². The molecular formula is C19H15B5N2O8. The van der Waals surface area contributed by atoms with E-state index >= 15 is 0 Å². The molecule has 0 saturated heterocycles. The maximum Gasteiger partial charge on any atom is 0.295 e. The molecule has 10 nitrogen and oxygen atoms in total. The molecule has 7 N–H and O–H groups in total. The van der Waals surface area contributed by atoms with Crippen LogP contribution in [0.4, 0.5) is 5.69 Å². The highest BCUT2D eigenvalue weighted by Crippen LogP contribution is 2.39. The van der Waals surface area contributed by atoms with Crippen molar-refractivity contribution in [1.29, 1.82) is 0 Å². The van der Waals surface area contributed by atoms with Crippen molar-refractivity contribution in [3.05, 3.63) is 40.2 Å². The second-order valence-electron chi connectivity index (χ2n) is 7.60. The van der Waals surface area contributed by atoms with Gasteiger partial charge in [0, 0.05) is 12.4 Å². The minimum absolute atomic E-state index is 0.0561. The van der Waals surface area contributed by atoms with E-state index in [1.165, 1.54) is 25.2 Å². The third-order valence-electron chi connectivity index (χ3n) is 5.49. The first-order valence-electron chi connectivity index (χ1n) is 9.46. The summed E-state index contributed by atoms with van der Waals surface area (Å²) >= 11 is 0. The SMILES string of the molecule is [B]c1c([B])c([B])c(N(C(O)c2c(O)c3ccccc3n(C)c2=O)C(O)(O)C([B])(O)O)c(O)c1[B]. The number of aromatic nitrogens is 1. The zero-order chi connectivity index (χ0) is 25.9. The summed E-state index contributed by atoms with van der Waals surface area (Å²) in [6, 6.07) is 5.98. The molecule has 0 fully saturated rings. The van der Waals surface area contributed by atoms with Crippen molar-refractivity contribution >= 4 is 77.7 Å². The fourth-order valence-corrected chi connectivity index (χ4v) is 3.53. The summed E-state index contributed by atoms with van der Waals surface area (Å²) in [6.45, 7) is 0. The molecule has 1 atom stereocenters. The van der Waals surface area contributed by atoms with Gasteiger partial charge in [-0.15, -0.1) is 10.9 Å². The highest BCUT2D eigenvalue weighted by Gasteiger charge is 2.52. The van der Waals surface area contributed by atoms with Crippen LogP contribution in [0.3, 0.4) is 0 Å². The minimum atomic E-state index is -4.09. The molecule has 0 aliphatic carbocycles. The third kappa shape index (κ3) is 3.69. The highest BCUT2D eigenvalue weighted by molar-refractivity contribution is 6.64. The normalized spacial score (nSPS) is 13.2. The number of phenolic OH excluding ortho intramolecular Hbond substituents is 1. The molecule has 2 aromatic carbocycles. The Labute approximate surface area is 199 Å². The number of hydrogen-bond acceptors (Lipinski definition) is 9. The zero-order valence-electron chi connectivity index (χ0n) is 17.7. The van der Waals surface area contributed by atoms with Crippen LogP contribution >= 0.6 is 0 Å². The first kappa shape index (κ1) is 25.8. The Morgan fingerprint density at radius 2 is 1.44 bits per heavy atom. The molecule has 164 valence electrons. The molecule has 3 aromatic rings. The van der Waals surface area contributed by atoms with Crippen molar-refractivity contribution in [3.63, 3.8) is 0 Å². The summed E-state index contributed by atoms with van der Waals surface area (Å²) < 4.78 is 1.02. The molecule has 1 aromatic heterocycles. The van der Waals surface area contributed by atoms with Crippen LogP contribution in [-0.2, 0) is 7.05 Å². The lowest BCUT2D eigenvalue weighted by molar-refractivity contribution is -0.321. The van der Waals surface area contributed by atoms with Gasteiger partial charge in [-0.05, 0) is 12.1 Å². The van der Waals surface area contributed by atoms with Crippen LogP contribution in [0.2, 0.25) is 0 Å². The fourth-order valence-electron chi connectivity index (χ4n) is 3.53. The molecule has 1 unspecified atom stereocenters. The first-order chi connectivity index (χ1) is 15.6. The Kier molecular flexibility index (Phi) is 6.40. The molecule has 15 heteroatoms. The second-order valence-corrected chi connectivity index (χ2v) is 7.60. The molecule has 0 saturated carbocycles. The Balaban J connectivity index is 2.46. The van der Waals surface area contributed by atoms with E-state index in [1.54, 1.807) is 6.07 Å². The van der Waals surface area contributed by atoms with Crippen LogP contribution in [0.25, 0.3) is 10.9 Å². The van der Waals surface area contributed by atoms with E-state index in [4.69, 9.17) is 39.2 Å².